The molecule has 0 radical (unpaired) electrons. The molecule has 2 N–H and O–H groups in total. The molecule has 2 rings (SSSR count). The maximum absolute atomic E-state index is 13.4. The molecule has 1 aliphatic heterocycles. The Labute approximate surface area is 90.6 Å². The largest absolute Gasteiger partial charge is 0.491 e. The highest BCUT2D eigenvalue weighted by Crippen LogP contribution is 2.21. The topological polar surface area (TPSA) is 76.0 Å². The highest BCUT2D eigenvalue weighted by molar-refractivity contribution is 6.61. The fourth-order valence-electron chi connectivity index (χ4n) is 1.47. The van der Waals surface area contributed by atoms with Crippen molar-refractivity contribution in [3.05, 3.63) is 23.5 Å². The van der Waals surface area contributed by atoms with E-state index in [1.807, 2.05) is 0 Å². The number of hydrogen-bond acceptors (Lipinski definition) is 4. The molecule has 1 aromatic carbocycles. The molecular weight excluding hydrogens is 218 g/mol. The number of hydrogen-bond donors (Lipinski definition) is 2. The summed E-state index contributed by atoms with van der Waals surface area (Å²) in [6, 6.07) is 2.42. The van der Waals surface area contributed by atoms with Crippen LogP contribution in [0, 0.1) is 5.82 Å². The second kappa shape index (κ2) is 4.11. The number of aliphatic carboxylic acids is 1. The van der Waals surface area contributed by atoms with Crippen LogP contribution in [0.2, 0.25) is 0 Å². The average molecular weight is 226 g/mol. The number of carboxylic acid groups (broad SMARTS) is 1. The van der Waals surface area contributed by atoms with Crippen LogP contribution in [0.3, 0.4) is 0 Å². The van der Waals surface area contributed by atoms with Crippen molar-refractivity contribution in [3.8, 4) is 5.75 Å². The molecule has 1 aliphatic rings. The van der Waals surface area contributed by atoms with Crippen molar-refractivity contribution >= 4 is 18.6 Å². The van der Waals surface area contributed by atoms with Crippen LogP contribution in [-0.4, -0.2) is 29.8 Å². The van der Waals surface area contributed by atoms with Gasteiger partial charge in [-0.3, -0.25) is 0 Å². The number of rotatable bonds is 3. The van der Waals surface area contributed by atoms with Crippen LogP contribution in [-0.2, 0) is 16.1 Å². The molecule has 0 saturated heterocycles. The van der Waals surface area contributed by atoms with Crippen molar-refractivity contribution in [2.24, 2.45) is 0 Å². The first kappa shape index (κ1) is 10.9. The van der Waals surface area contributed by atoms with Gasteiger partial charge in [0.15, 0.2) is 18.2 Å². The van der Waals surface area contributed by atoms with Gasteiger partial charge in [-0.15, -0.1) is 0 Å². The van der Waals surface area contributed by atoms with E-state index in [1.54, 1.807) is 0 Å². The minimum Gasteiger partial charge on any atom is -0.479 e. The van der Waals surface area contributed by atoms with Crippen molar-refractivity contribution in [3.63, 3.8) is 0 Å². The summed E-state index contributed by atoms with van der Waals surface area (Å²) in [4.78, 5) is 10.3. The van der Waals surface area contributed by atoms with Gasteiger partial charge in [-0.1, -0.05) is 0 Å². The van der Waals surface area contributed by atoms with Gasteiger partial charge in [-0.25, -0.2) is 9.18 Å². The number of fused-ring (bicyclic) bond motifs is 1. The molecule has 7 heteroatoms. The molecule has 0 aliphatic carbocycles. The van der Waals surface area contributed by atoms with Gasteiger partial charge in [0.2, 0.25) is 0 Å². The summed E-state index contributed by atoms with van der Waals surface area (Å²) in [6.45, 7) is -0.459. The van der Waals surface area contributed by atoms with Crippen LogP contribution in [0.1, 0.15) is 5.56 Å². The van der Waals surface area contributed by atoms with Crippen molar-refractivity contribution in [2.45, 2.75) is 6.61 Å². The smallest absolute Gasteiger partial charge is 0.479 e. The standard InChI is InChI=1S/C9H8BFO5/c11-7-2-6-5(3-16-10(6)14)1-8(7)15-4-9(12)13/h1-2,14H,3-4H2,(H,12,13). The molecule has 0 bridgehead atoms. The third kappa shape index (κ3) is 2.00. The molecule has 16 heavy (non-hydrogen) atoms. The Morgan fingerprint density at radius 1 is 1.62 bits per heavy atom. The summed E-state index contributed by atoms with van der Waals surface area (Å²) in [5.41, 5.74) is 0.939. The Morgan fingerprint density at radius 2 is 2.38 bits per heavy atom. The second-order valence-corrected chi connectivity index (χ2v) is 3.33. The van der Waals surface area contributed by atoms with E-state index in [-0.39, 0.29) is 12.4 Å². The first-order valence-corrected chi connectivity index (χ1v) is 4.54. The summed E-state index contributed by atoms with van der Waals surface area (Å²) < 4.78 is 23.0. The Kier molecular flexibility index (Phi) is 2.80. The van der Waals surface area contributed by atoms with Gasteiger partial charge in [-0.2, -0.15) is 0 Å². The average Bonchev–Trinajstić information content (AvgIpc) is 2.57. The molecule has 1 aromatic rings. The van der Waals surface area contributed by atoms with Gasteiger partial charge in [0.1, 0.15) is 0 Å². The summed E-state index contributed by atoms with van der Waals surface area (Å²) in [7, 11) is -1.13. The SMILES string of the molecule is O=C(O)COc1cc2c(cc1F)B(O)OC2. The highest BCUT2D eigenvalue weighted by Gasteiger charge is 2.29. The lowest BCUT2D eigenvalue weighted by atomic mass is 9.79. The van der Waals surface area contributed by atoms with Crippen LogP contribution < -0.4 is 10.2 Å². The molecule has 5 nitrogen and oxygen atoms in total. The monoisotopic (exact) mass is 226 g/mol. The van der Waals surface area contributed by atoms with Crippen molar-refractivity contribution in [2.75, 3.05) is 6.61 Å². The van der Waals surface area contributed by atoms with Crippen molar-refractivity contribution < 1.29 is 28.7 Å². The lowest BCUT2D eigenvalue weighted by molar-refractivity contribution is -0.139. The van der Waals surface area contributed by atoms with Gasteiger partial charge < -0.3 is 19.5 Å². The molecular formula is C9H8BFO5. The minimum atomic E-state index is -1.18. The zero-order valence-electron chi connectivity index (χ0n) is 8.14. The molecule has 0 amide bonds. The first-order valence-electron chi connectivity index (χ1n) is 4.54. The lowest BCUT2D eigenvalue weighted by Crippen LogP contribution is -2.28. The number of carboxylic acids is 1. The number of carbonyl (C=O) groups is 1. The van der Waals surface area contributed by atoms with Crippen LogP contribution in [0.5, 0.6) is 5.75 Å². The van der Waals surface area contributed by atoms with Gasteiger partial charge >= 0.3 is 13.1 Å². The van der Waals surface area contributed by atoms with Gasteiger partial charge in [-0.05, 0) is 23.2 Å². The molecule has 1 heterocycles. The summed E-state index contributed by atoms with van der Waals surface area (Å²) >= 11 is 0. The van der Waals surface area contributed by atoms with Crippen LogP contribution in [0.15, 0.2) is 12.1 Å². The number of benzene rings is 1. The minimum absolute atomic E-state index is 0.153. The quantitative estimate of drug-likeness (QED) is 0.680. The maximum atomic E-state index is 13.4. The maximum Gasteiger partial charge on any atom is 0.491 e. The fraction of sp³-hybridized carbons (Fsp3) is 0.222. The van der Waals surface area contributed by atoms with Crippen molar-refractivity contribution in [1.29, 1.82) is 0 Å². The third-order valence-corrected chi connectivity index (χ3v) is 2.21. The molecule has 84 valence electrons. The zero-order valence-corrected chi connectivity index (χ0v) is 8.14. The van der Waals surface area contributed by atoms with E-state index in [4.69, 9.17) is 14.5 Å². The lowest BCUT2D eigenvalue weighted by Gasteiger charge is -2.06. The third-order valence-electron chi connectivity index (χ3n) is 2.21. The summed E-state index contributed by atoms with van der Waals surface area (Å²) in [6.07, 6.45) is 0. The second-order valence-electron chi connectivity index (χ2n) is 3.33. The van der Waals surface area contributed by atoms with Crippen LogP contribution >= 0.6 is 0 Å². The molecule has 0 aromatic heterocycles. The summed E-state index contributed by atoms with van der Waals surface area (Å²) in [5.74, 6) is -2.06. The van der Waals surface area contributed by atoms with E-state index in [2.05, 4.69) is 0 Å². The fourth-order valence-corrected chi connectivity index (χ4v) is 1.47. The Bertz CT molecular complexity index is 436. The van der Waals surface area contributed by atoms with Crippen LogP contribution in [0.25, 0.3) is 0 Å². The van der Waals surface area contributed by atoms with E-state index in [9.17, 15) is 14.2 Å². The van der Waals surface area contributed by atoms with E-state index < -0.39 is 25.5 Å². The Morgan fingerprint density at radius 3 is 3.06 bits per heavy atom. The number of halogens is 1. The first-order chi connectivity index (χ1) is 7.58. The molecule has 0 unspecified atom stereocenters. The molecule has 0 saturated carbocycles. The molecule has 0 atom stereocenters. The van der Waals surface area contributed by atoms with Gasteiger partial charge in [0.05, 0.1) is 6.61 Å². The Balaban J connectivity index is 2.24. The predicted molar refractivity (Wildman–Crippen MR) is 51.9 cm³/mol. The van der Waals surface area contributed by atoms with Gasteiger partial charge in [0, 0.05) is 0 Å². The van der Waals surface area contributed by atoms with Gasteiger partial charge in [0.25, 0.3) is 0 Å². The van der Waals surface area contributed by atoms with Crippen molar-refractivity contribution in [1.82, 2.24) is 0 Å². The molecule has 0 fully saturated rings. The van der Waals surface area contributed by atoms with E-state index in [0.717, 1.165) is 6.07 Å². The Hall–Kier alpha value is -1.60. The molecule has 0 spiro atoms. The number of ether oxygens (including phenoxy) is 1. The predicted octanol–water partition coefficient (Wildman–Crippen LogP) is -0.493. The van der Waals surface area contributed by atoms with E-state index in [1.165, 1.54) is 6.07 Å². The highest BCUT2D eigenvalue weighted by atomic mass is 19.1. The van der Waals surface area contributed by atoms with E-state index in [0.29, 0.717) is 11.0 Å². The van der Waals surface area contributed by atoms with E-state index >= 15 is 0 Å². The van der Waals surface area contributed by atoms with Crippen LogP contribution in [0.4, 0.5) is 4.39 Å². The normalized spacial score (nSPS) is 13.8. The zero-order chi connectivity index (χ0) is 11.7. The summed E-state index contributed by atoms with van der Waals surface area (Å²) in [5, 5.41) is 17.7.